The number of anilines is 1. The molecular weight excluding hydrogens is 282 g/mol. The first kappa shape index (κ1) is 11.9. The molecule has 88 valence electrons. The van der Waals surface area contributed by atoms with Gasteiger partial charge in [0, 0.05) is 23.2 Å². The van der Waals surface area contributed by atoms with Gasteiger partial charge in [-0.2, -0.15) is 5.26 Å². The van der Waals surface area contributed by atoms with Gasteiger partial charge in [-0.3, -0.25) is 4.79 Å². The Labute approximate surface area is 108 Å². The van der Waals surface area contributed by atoms with E-state index in [1.807, 2.05) is 12.1 Å². The monoisotopic (exact) mass is 293 g/mol. The molecule has 2 N–H and O–H groups in total. The summed E-state index contributed by atoms with van der Waals surface area (Å²) in [7, 11) is 0. The van der Waals surface area contributed by atoms with Crippen LogP contribution >= 0.6 is 15.9 Å². The van der Waals surface area contributed by atoms with E-state index in [0.29, 0.717) is 12.1 Å². The second kappa shape index (κ2) is 4.76. The van der Waals surface area contributed by atoms with Crippen LogP contribution in [-0.4, -0.2) is 19.0 Å². The number of rotatable bonds is 2. The lowest BCUT2D eigenvalue weighted by Crippen LogP contribution is -2.27. The van der Waals surface area contributed by atoms with E-state index in [2.05, 4.69) is 26.9 Å². The molecule has 1 aromatic rings. The third-order valence-corrected chi connectivity index (χ3v) is 3.68. The van der Waals surface area contributed by atoms with Crippen LogP contribution in [0.4, 0.5) is 5.69 Å². The summed E-state index contributed by atoms with van der Waals surface area (Å²) in [5, 5.41) is 8.83. The Hall–Kier alpha value is -1.54. The van der Waals surface area contributed by atoms with Gasteiger partial charge in [-0.05, 0) is 40.5 Å². The second-order valence-electron chi connectivity index (χ2n) is 4.11. The molecule has 1 unspecified atom stereocenters. The van der Waals surface area contributed by atoms with Crippen LogP contribution in [0.1, 0.15) is 12.0 Å². The molecule has 5 heteroatoms. The third kappa shape index (κ3) is 2.42. The van der Waals surface area contributed by atoms with E-state index in [-0.39, 0.29) is 11.8 Å². The molecule has 0 spiro atoms. The van der Waals surface area contributed by atoms with Gasteiger partial charge in [0.25, 0.3) is 0 Å². The Bertz CT molecular complexity index is 495. The Morgan fingerprint density at radius 3 is 2.88 bits per heavy atom. The highest BCUT2D eigenvalue weighted by Crippen LogP contribution is 2.28. The van der Waals surface area contributed by atoms with Crippen LogP contribution in [0.3, 0.4) is 0 Å². The highest BCUT2D eigenvalue weighted by Gasteiger charge is 2.26. The minimum atomic E-state index is -0.236. The predicted molar refractivity (Wildman–Crippen MR) is 68.4 cm³/mol. The van der Waals surface area contributed by atoms with E-state index in [1.165, 1.54) is 0 Å². The molecule has 0 bridgehead atoms. The zero-order chi connectivity index (χ0) is 12.4. The van der Waals surface area contributed by atoms with Crippen LogP contribution in [0.2, 0.25) is 0 Å². The van der Waals surface area contributed by atoms with Crippen molar-refractivity contribution in [1.29, 1.82) is 5.26 Å². The molecule has 1 aliphatic heterocycles. The number of carbonyl (C=O) groups excluding carboxylic acids is 1. The number of primary amides is 1. The van der Waals surface area contributed by atoms with Crippen LogP contribution < -0.4 is 10.6 Å². The highest BCUT2D eigenvalue weighted by atomic mass is 79.9. The zero-order valence-corrected chi connectivity index (χ0v) is 10.8. The molecule has 4 nitrogen and oxygen atoms in total. The molecule has 1 fully saturated rings. The molecule has 1 atom stereocenters. The minimum absolute atomic E-state index is 0.0654. The summed E-state index contributed by atoms with van der Waals surface area (Å²) in [5.74, 6) is -0.301. The lowest BCUT2D eigenvalue weighted by molar-refractivity contribution is -0.121. The summed E-state index contributed by atoms with van der Waals surface area (Å²) >= 11 is 3.36. The molecule has 1 aliphatic rings. The van der Waals surface area contributed by atoms with Gasteiger partial charge in [0.05, 0.1) is 11.5 Å². The smallest absolute Gasteiger partial charge is 0.222 e. The summed E-state index contributed by atoms with van der Waals surface area (Å²) in [6, 6.07) is 7.68. The van der Waals surface area contributed by atoms with Crippen molar-refractivity contribution in [3.05, 3.63) is 28.2 Å². The van der Waals surface area contributed by atoms with Gasteiger partial charge in [0.1, 0.15) is 6.07 Å². The quantitative estimate of drug-likeness (QED) is 0.901. The number of halogens is 1. The maximum absolute atomic E-state index is 11.1. The fourth-order valence-corrected chi connectivity index (χ4v) is 2.47. The first-order chi connectivity index (χ1) is 8.11. The summed E-state index contributed by atoms with van der Waals surface area (Å²) in [6.45, 7) is 1.49. The van der Waals surface area contributed by atoms with Crippen LogP contribution in [0.25, 0.3) is 0 Å². The van der Waals surface area contributed by atoms with Crippen molar-refractivity contribution < 1.29 is 4.79 Å². The van der Waals surface area contributed by atoms with Gasteiger partial charge in [-0.1, -0.05) is 0 Å². The number of nitrogens with two attached hydrogens (primary N) is 1. The zero-order valence-electron chi connectivity index (χ0n) is 9.19. The van der Waals surface area contributed by atoms with Crippen molar-refractivity contribution >= 4 is 27.5 Å². The van der Waals surface area contributed by atoms with Gasteiger partial charge >= 0.3 is 0 Å². The van der Waals surface area contributed by atoms with Crippen molar-refractivity contribution in [2.45, 2.75) is 6.42 Å². The molecule has 0 aromatic heterocycles. The fraction of sp³-hybridized carbons (Fsp3) is 0.333. The lowest BCUT2D eigenvalue weighted by Gasteiger charge is -2.18. The molecule has 1 saturated heterocycles. The van der Waals surface area contributed by atoms with Crippen LogP contribution in [0, 0.1) is 17.2 Å². The van der Waals surface area contributed by atoms with Gasteiger partial charge < -0.3 is 10.6 Å². The van der Waals surface area contributed by atoms with Crippen LogP contribution in [0.5, 0.6) is 0 Å². The van der Waals surface area contributed by atoms with Crippen molar-refractivity contribution in [1.82, 2.24) is 0 Å². The summed E-state index contributed by atoms with van der Waals surface area (Å²) < 4.78 is 0.778. The number of nitriles is 1. The number of carbonyl (C=O) groups is 1. The second-order valence-corrected chi connectivity index (χ2v) is 4.96. The largest absolute Gasteiger partial charge is 0.371 e. The van der Waals surface area contributed by atoms with Gasteiger partial charge in [-0.15, -0.1) is 0 Å². The van der Waals surface area contributed by atoms with E-state index in [1.54, 1.807) is 6.07 Å². The van der Waals surface area contributed by atoms with Crippen molar-refractivity contribution in [2.24, 2.45) is 11.7 Å². The predicted octanol–water partition coefficient (Wildman–Crippen LogP) is 1.63. The molecule has 0 saturated carbocycles. The molecule has 1 heterocycles. The number of hydrogen-bond acceptors (Lipinski definition) is 3. The normalized spacial score (nSPS) is 19.1. The van der Waals surface area contributed by atoms with Crippen LogP contribution in [-0.2, 0) is 4.79 Å². The summed E-state index contributed by atoms with van der Waals surface area (Å²) in [5.41, 5.74) is 6.92. The van der Waals surface area contributed by atoms with Crippen molar-refractivity contribution in [2.75, 3.05) is 18.0 Å². The average molecular weight is 294 g/mol. The molecule has 17 heavy (non-hydrogen) atoms. The summed E-state index contributed by atoms with van der Waals surface area (Å²) in [4.78, 5) is 13.2. The lowest BCUT2D eigenvalue weighted by atomic mass is 10.1. The average Bonchev–Trinajstić information content (AvgIpc) is 2.78. The van der Waals surface area contributed by atoms with Gasteiger partial charge in [0.15, 0.2) is 0 Å². The Morgan fingerprint density at radius 2 is 2.35 bits per heavy atom. The first-order valence-corrected chi connectivity index (χ1v) is 6.15. The molecule has 0 radical (unpaired) electrons. The van der Waals surface area contributed by atoms with Gasteiger partial charge in [-0.25, -0.2) is 0 Å². The maximum Gasteiger partial charge on any atom is 0.222 e. The number of hydrogen-bond donors (Lipinski definition) is 1. The topological polar surface area (TPSA) is 70.1 Å². The Balaban J connectivity index is 2.17. The molecule has 2 rings (SSSR count). The van der Waals surface area contributed by atoms with E-state index in [4.69, 9.17) is 11.0 Å². The SMILES string of the molecule is N#Cc1ccc(N2CCC(C(N)=O)C2)cc1Br. The number of amides is 1. The first-order valence-electron chi connectivity index (χ1n) is 5.35. The molecule has 1 amide bonds. The Kier molecular flexibility index (Phi) is 3.34. The van der Waals surface area contributed by atoms with E-state index in [0.717, 1.165) is 23.1 Å². The third-order valence-electron chi connectivity index (χ3n) is 3.03. The number of benzene rings is 1. The summed E-state index contributed by atoms with van der Waals surface area (Å²) in [6.07, 6.45) is 0.799. The maximum atomic E-state index is 11.1. The molecular formula is C12H12BrN3O. The van der Waals surface area contributed by atoms with E-state index in [9.17, 15) is 4.79 Å². The Morgan fingerprint density at radius 1 is 1.59 bits per heavy atom. The molecule has 0 aliphatic carbocycles. The van der Waals surface area contributed by atoms with E-state index < -0.39 is 0 Å². The fourth-order valence-electron chi connectivity index (χ4n) is 2.02. The standard InChI is InChI=1S/C12H12BrN3O/c13-11-5-10(2-1-8(11)6-14)16-4-3-9(7-16)12(15)17/h1-2,5,9H,3-4,7H2,(H2,15,17). The van der Waals surface area contributed by atoms with Crippen LogP contribution in [0.15, 0.2) is 22.7 Å². The highest BCUT2D eigenvalue weighted by molar-refractivity contribution is 9.10. The van der Waals surface area contributed by atoms with Crippen molar-refractivity contribution in [3.63, 3.8) is 0 Å². The minimum Gasteiger partial charge on any atom is -0.371 e. The van der Waals surface area contributed by atoms with E-state index >= 15 is 0 Å². The van der Waals surface area contributed by atoms with Crippen molar-refractivity contribution in [3.8, 4) is 6.07 Å². The number of nitrogens with zero attached hydrogens (tertiary/aromatic N) is 2. The molecule has 1 aromatic carbocycles. The van der Waals surface area contributed by atoms with Gasteiger partial charge in [0.2, 0.25) is 5.91 Å².